The van der Waals surface area contributed by atoms with Gasteiger partial charge in [0.2, 0.25) is 5.91 Å². The van der Waals surface area contributed by atoms with Crippen molar-refractivity contribution >= 4 is 39.2 Å². The van der Waals surface area contributed by atoms with Crippen LogP contribution in [0, 0.1) is 6.92 Å². The third-order valence-electron chi connectivity index (χ3n) is 4.34. The Morgan fingerprint density at radius 1 is 0.963 bits per heavy atom. The molecular weight excluding hydrogens is 352 g/mol. The van der Waals surface area contributed by atoms with Crippen molar-refractivity contribution in [1.82, 2.24) is 4.98 Å². The summed E-state index contributed by atoms with van der Waals surface area (Å²) in [6, 6.07) is 23.8. The number of amides is 1. The van der Waals surface area contributed by atoms with Crippen molar-refractivity contribution < 1.29 is 4.79 Å². The quantitative estimate of drug-likeness (QED) is 0.453. The highest BCUT2D eigenvalue weighted by Crippen LogP contribution is 2.34. The Balaban J connectivity index is 1.58. The van der Waals surface area contributed by atoms with Gasteiger partial charge in [-0.05, 0) is 42.3 Å². The van der Waals surface area contributed by atoms with Crippen molar-refractivity contribution in [2.24, 2.45) is 0 Å². The normalized spacial score (nSPS) is 11.1. The summed E-state index contributed by atoms with van der Waals surface area (Å²) >= 11 is 1.66. The summed E-state index contributed by atoms with van der Waals surface area (Å²) in [5.41, 5.74) is 4.85. The summed E-state index contributed by atoms with van der Waals surface area (Å²) in [7, 11) is 0. The molecule has 0 saturated carbocycles. The molecule has 3 aromatic carbocycles. The van der Waals surface area contributed by atoms with E-state index in [4.69, 9.17) is 4.98 Å². The van der Waals surface area contributed by atoms with Crippen LogP contribution in [0.2, 0.25) is 0 Å². The number of rotatable bonds is 4. The van der Waals surface area contributed by atoms with E-state index in [0.717, 1.165) is 37.6 Å². The van der Waals surface area contributed by atoms with Crippen LogP contribution in [0.1, 0.15) is 11.1 Å². The molecule has 0 atom stereocenters. The average molecular weight is 370 g/mol. The first-order valence-corrected chi connectivity index (χ1v) is 9.52. The third-order valence-corrected chi connectivity index (χ3v) is 5.41. The van der Waals surface area contributed by atoms with Gasteiger partial charge in [0.25, 0.3) is 0 Å². The van der Waals surface area contributed by atoms with Crippen molar-refractivity contribution in [1.29, 1.82) is 0 Å². The molecule has 132 valence electrons. The molecule has 0 aliphatic rings. The maximum absolute atomic E-state index is 12.3. The van der Waals surface area contributed by atoms with Gasteiger partial charge in [0.1, 0.15) is 5.01 Å². The Labute approximate surface area is 162 Å². The van der Waals surface area contributed by atoms with Gasteiger partial charge in [-0.3, -0.25) is 4.79 Å². The van der Waals surface area contributed by atoms with Gasteiger partial charge >= 0.3 is 0 Å². The molecule has 1 heterocycles. The molecule has 3 nitrogen and oxygen atoms in total. The van der Waals surface area contributed by atoms with Gasteiger partial charge in [-0.1, -0.05) is 54.6 Å². The Bertz CT molecular complexity index is 1100. The maximum Gasteiger partial charge on any atom is 0.248 e. The van der Waals surface area contributed by atoms with Crippen LogP contribution in [0.25, 0.3) is 26.9 Å². The minimum Gasteiger partial charge on any atom is -0.322 e. The van der Waals surface area contributed by atoms with Crippen LogP contribution < -0.4 is 5.32 Å². The lowest BCUT2D eigenvalue weighted by Crippen LogP contribution is -2.09. The first kappa shape index (κ1) is 17.2. The van der Waals surface area contributed by atoms with Crippen LogP contribution in [-0.2, 0) is 4.79 Å². The molecule has 4 rings (SSSR count). The van der Waals surface area contributed by atoms with Crippen LogP contribution >= 0.6 is 11.3 Å². The summed E-state index contributed by atoms with van der Waals surface area (Å²) in [5.74, 6) is -0.150. The number of fused-ring (bicyclic) bond motifs is 1. The Morgan fingerprint density at radius 3 is 2.56 bits per heavy atom. The zero-order chi connectivity index (χ0) is 18.6. The smallest absolute Gasteiger partial charge is 0.248 e. The molecule has 0 aliphatic carbocycles. The number of hydrogen-bond donors (Lipinski definition) is 1. The molecule has 1 aromatic heterocycles. The number of carbonyl (C=O) groups excluding carboxylic acids is 1. The van der Waals surface area contributed by atoms with Crippen molar-refractivity contribution in [2.75, 3.05) is 5.32 Å². The van der Waals surface area contributed by atoms with Gasteiger partial charge in [0, 0.05) is 17.3 Å². The number of aromatic nitrogens is 1. The van der Waals surface area contributed by atoms with Gasteiger partial charge in [0.15, 0.2) is 0 Å². The summed E-state index contributed by atoms with van der Waals surface area (Å²) < 4.78 is 1.16. The first-order chi connectivity index (χ1) is 13.2. The van der Waals surface area contributed by atoms with E-state index in [2.05, 4.69) is 11.4 Å². The van der Waals surface area contributed by atoms with Crippen molar-refractivity contribution in [3.8, 4) is 10.6 Å². The van der Waals surface area contributed by atoms with Crippen molar-refractivity contribution in [2.45, 2.75) is 6.92 Å². The monoisotopic (exact) mass is 370 g/mol. The second kappa shape index (κ2) is 7.56. The molecule has 0 bridgehead atoms. The fourth-order valence-corrected chi connectivity index (χ4v) is 3.95. The van der Waals surface area contributed by atoms with Gasteiger partial charge < -0.3 is 5.32 Å². The summed E-state index contributed by atoms with van der Waals surface area (Å²) in [5, 5.41) is 3.94. The molecule has 27 heavy (non-hydrogen) atoms. The zero-order valence-corrected chi connectivity index (χ0v) is 15.7. The second-order valence-corrected chi connectivity index (χ2v) is 7.23. The lowest BCUT2D eigenvalue weighted by molar-refractivity contribution is -0.111. The number of anilines is 1. The fraction of sp³-hybridized carbons (Fsp3) is 0.0435. The number of benzene rings is 3. The Kier molecular flexibility index (Phi) is 4.81. The highest BCUT2D eigenvalue weighted by molar-refractivity contribution is 7.21. The van der Waals surface area contributed by atoms with Gasteiger partial charge in [0.05, 0.1) is 10.2 Å². The van der Waals surface area contributed by atoms with E-state index in [1.54, 1.807) is 17.4 Å². The van der Waals surface area contributed by atoms with Gasteiger partial charge in [-0.2, -0.15) is 0 Å². The highest BCUT2D eigenvalue weighted by Gasteiger charge is 2.11. The van der Waals surface area contributed by atoms with E-state index in [9.17, 15) is 4.79 Å². The molecule has 0 aliphatic heterocycles. The van der Waals surface area contributed by atoms with Gasteiger partial charge in [-0.15, -0.1) is 11.3 Å². The van der Waals surface area contributed by atoms with Crippen molar-refractivity contribution in [3.05, 3.63) is 90.0 Å². The molecule has 4 heteroatoms. The number of para-hydroxylation sites is 1. The van der Waals surface area contributed by atoms with Crippen LogP contribution in [-0.4, -0.2) is 10.9 Å². The van der Waals surface area contributed by atoms with Crippen LogP contribution in [0.4, 0.5) is 5.69 Å². The number of hydrogen-bond acceptors (Lipinski definition) is 3. The molecule has 0 saturated heterocycles. The minimum absolute atomic E-state index is 0.150. The molecular formula is C23H18N2OS. The zero-order valence-electron chi connectivity index (χ0n) is 14.8. The number of carbonyl (C=O) groups is 1. The molecule has 0 radical (unpaired) electrons. The molecule has 4 aromatic rings. The topological polar surface area (TPSA) is 42.0 Å². The number of nitrogens with one attached hydrogen (secondary N) is 1. The van der Waals surface area contributed by atoms with E-state index < -0.39 is 0 Å². The SMILES string of the molecule is Cc1c(NC(=O)/C=C/c2ccccc2)cccc1-c1nc2ccccc2s1. The highest BCUT2D eigenvalue weighted by atomic mass is 32.1. The second-order valence-electron chi connectivity index (χ2n) is 6.20. The van der Waals surface area contributed by atoms with Crippen LogP contribution in [0.5, 0.6) is 0 Å². The lowest BCUT2D eigenvalue weighted by atomic mass is 10.1. The predicted octanol–water partition coefficient (Wildman–Crippen LogP) is 5.92. The maximum atomic E-state index is 12.3. The average Bonchev–Trinajstić information content (AvgIpc) is 3.13. The summed E-state index contributed by atoms with van der Waals surface area (Å²) in [6.07, 6.45) is 3.36. The van der Waals surface area contributed by atoms with Crippen molar-refractivity contribution in [3.63, 3.8) is 0 Å². The summed E-state index contributed by atoms with van der Waals surface area (Å²) in [6.45, 7) is 2.01. The van der Waals surface area contributed by atoms with E-state index >= 15 is 0 Å². The van der Waals surface area contributed by atoms with Gasteiger partial charge in [-0.25, -0.2) is 4.98 Å². The molecule has 1 amide bonds. The predicted molar refractivity (Wildman–Crippen MR) is 114 cm³/mol. The molecule has 0 spiro atoms. The summed E-state index contributed by atoms with van der Waals surface area (Å²) in [4.78, 5) is 17.0. The molecule has 1 N–H and O–H groups in total. The number of nitrogens with zero attached hydrogens (tertiary/aromatic N) is 1. The fourth-order valence-electron chi connectivity index (χ4n) is 2.90. The van der Waals surface area contributed by atoms with Crippen LogP contribution in [0.3, 0.4) is 0 Å². The standard InChI is InChI=1S/C23H18N2OS/c1-16-18(23-25-20-11-5-6-13-21(20)27-23)10-7-12-19(16)24-22(26)15-14-17-8-3-2-4-9-17/h2-15H,1H3,(H,24,26)/b15-14+. The molecule has 0 fully saturated rings. The van der Waals surface area contributed by atoms with E-state index in [0.29, 0.717) is 0 Å². The van der Waals surface area contributed by atoms with E-state index in [1.165, 1.54) is 0 Å². The lowest BCUT2D eigenvalue weighted by Gasteiger charge is -2.10. The van der Waals surface area contributed by atoms with E-state index in [1.807, 2.05) is 79.7 Å². The first-order valence-electron chi connectivity index (χ1n) is 8.70. The molecule has 0 unspecified atom stereocenters. The van der Waals surface area contributed by atoms with Crippen LogP contribution in [0.15, 0.2) is 78.9 Å². The largest absolute Gasteiger partial charge is 0.322 e. The third kappa shape index (κ3) is 3.81. The minimum atomic E-state index is -0.150. The Morgan fingerprint density at radius 2 is 1.74 bits per heavy atom. The Hall–Kier alpha value is -3.24. The number of thiazole rings is 1. The van der Waals surface area contributed by atoms with E-state index in [-0.39, 0.29) is 5.91 Å².